The van der Waals surface area contributed by atoms with Gasteiger partial charge in [0.2, 0.25) is 5.91 Å². The zero-order valence-corrected chi connectivity index (χ0v) is 13.2. The molecule has 3 N–H and O–H groups in total. The smallest absolute Gasteiger partial charge is 0.222 e. The third kappa shape index (κ3) is 4.94. The van der Waals surface area contributed by atoms with Gasteiger partial charge in [-0.05, 0) is 44.1 Å². The molecule has 0 bridgehead atoms. The second kappa shape index (κ2) is 7.56. The number of carbonyl (C=O) groups excluding carboxylic acids is 1. The quantitative estimate of drug-likeness (QED) is 0.798. The molecule has 21 heavy (non-hydrogen) atoms. The van der Waals surface area contributed by atoms with Crippen molar-refractivity contribution in [1.82, 2.24) is 4.90 Å². The number of aliphatic hydroxyl groups is 1. The van der Waals surface area contributed by atoms with Crippen LogP contribution in [0.25, 0.3) is 0 Å². The first-order chi connectivity index (χ1) is 10.0. The fraction of sp³-hybridized carbons (Fsp3) is 0.938. The molecule has 0 atom stereocenters. The summed E-state index contributed by atoms with van der Waals surface area (Å²) in [7, 11) is 1.81. The van der Waals surface area contributed by atoms with Gasteiger partial charge in [-0.3, -0.25) is 4.79 Å². The topological polar surface area (TPSA) is 75.8 Å². The van der Waals surface area contributed by atoms with Gasteiger partial charge in [0, 0.05) is 46.1 Å². The van der Waals surface area contributed by atoms with Crippen molar-refractivity contribution in [2.75, 3.05) is 33.4 Å². The molecule has 0 aromatic carbocycles. The van der Waals surface area contributed by atoms with E-state index >= 15 is 0 Å². The highest BCUT2D eigenvalue weighted by molar-refractivity contribution is 5.76. The van der Waals surface area contributed by atoms with Crippen LogP contribution in [0.15, 0.2) is 0 Å². The van der Waals surface area contributed by atoms with E-state index < -0.39 is 5.60 Å². The largest absolute Gasteiger partial charge is 0.388 e. The summed E-state index contributed by atoms with van der Waals surface area (Å²) < 4.78 is 5.28. The van der Waals surface area contributed by atoms with E-state index in [1.165, 1.54) is 0 Å². The molecule has 122 valence electrons. The minimum atomic E-state index is -0.764. The van der Waals surface area contributed by atoms with Crippen molar-refractivity contribution in [3.63, 3.8) is 0 Å². The lowest BCUT2D eigenvalue weighted by atomic mass is 9.80. The van der Waals surface area contributed by atoms with Crippen LogP contribution in [0.5, 0.6) is 0 Å². The normalized spacial score (nSPS) is 29.1. The second-order valence-electron chi connectivity index (χ2n) is 6.91. The van der Waals surface area contributed by atoms with Crippen molar-refractivity contribution < 1.29 is 14.6 Å². The van der Waals surface area contributed by atoms with E-state index in [0.717, 1.165) is 32.2 Å². The van der Waals surface area contributed by atoms with Gasteiger partial charge in [-0.25, -0.2) is 0 Å². The Kier molecular flexibility index (Phi) is 6.02. The maximum absolute atomic E-state index is 12.3. The van der Waals surface area contributed by atoms with Crippen LogP contribution < -0.4 is 5.73 Å². The Bertz CT molecular complexity index is 334. The summed E-state index contributed by atoms with van der Waals surface area (Å²) in [4.78, 5) is 14.0. The summed E-state index contributed by atoms with van der Waals surface area (Å²) >= 11 is 0. The Morgan fingerprint density at radius 3 is 2.38 bits per heavy atom. The number of amides is 1. The molecule has 0 aromatic rings. The molecule has 1 amide bonds. The Morgan fingerprint density at radius 1 is 1.24 bits per heavy atom. The SMILES string of the molecule is CN(CC1(O)CCOCC1)C(=O)CC1CCC(CN)CC1. The number of hydrogen-bond donors (Lipinski definition) is 2. The van der Waals surface area contributed by atoms with Crippen LogP contribution in [0.3, 0.4) is 0 Å². The minimum Gasteiger partial charge on any atom is -0.388 e. The lowest BCUT2D eigenvalue weighted by molar-refractivity contribution is -0.138. The molecule has 2 rings (SSSR count). The number of rotatable bonds is 5. The monoisotopic (exact) mass is 298 g/mol. The number of likely N-dealkylation sites (N-methyl/N-ethyl adjacent to an activating group) is 1. The van der Waals surface area contributed by atoms with E-state index in [-0.39, 0.29) is 5.91 Å². The van der Waals surface area contributed by atoms with Crippen LogP contribution in [0.1, 0.15) is 44.9 Å². The van der Waals surface area contributed by atoms with Crippen LogP contribution in [-0.2, 0) is 9.53 Å². The van der Waals surface area contributed by atoms with E-state index in [4.69, 9.17) is 10.5 Å². The number of nitrogens with zero attached hydrogens (tertiary/aromatic N) is 1. The summed E-state index contributed by atoms with van der Waals surface area (Å²) in [6.07, 6.45) is 6.37. The molecule has 2 fully saturated rings. The molecule has 0 radical (unpaired) electrons. The second-order valence-corrected chi connectivity index (χ2v) is 6.91. The zero-order valence-electron chi connectivity index (χ0n) is 13.2. The fourth-order valence-corrected chi connectivity index (χ4v) is 3.51. The van der Waals surface area contributed by atoms with Gasteiger partial charge in [0.15, 0.2) is 0 Å². The molecule has 0 aromatic heterocycles. The first-order valence-electron chi connectivity index (χ1n) is 8.26. The van der Waals surface area contributed by atoms with E-state index in [1.54, 1.807) is 11.9 Å². The number of nitrogens with two attached hydrogens (primary N) is 1. The van der Waals surface area contributed by atoms with Crippen molar-refractivity contribution in [3.05, 3.63) is 0 Å². The predicted octanol–water partition coefficient (Wildman–Crippen LogP) is 1.14. The molecular weight excluding hydrogens is 268 g/mol. The highest BCUT2D eigenvalue weighted by Gasteiger charge is 2.33. The number of carbonyl (C=O) groups is 1. The molecule has 5 nitrogen and oxygen atoms in total. The molecule has 1 aliphatic heterocycles. The van der Waals surface area contributed by atoms with Gasteiger partial charge in [-0.1, -0.05) is 0 Å². The van der Waals surface area contributed by atoms with Gasteiger partial charge >= 0.3 is 0 Å². The average molecular weight is 298 g/mol. The van der Waals surface area contributed by atoms with Gasteiger partial charge in [0.25, 0.3) is 0 Å². The van der Waals surface area contributed by atoms with Crippen molar-refractivity contribution in [1.29, 1.82) is 0 Å². The lowest BCUT2D eigenvalue weighted by Gasteiger charge is -2.36. The molecule has 5 heteroatoms. The minimum absolute atomic E-state index is 0.158. The highest BCUT2D eigenvalue weighted by Crippen LogP contribution is 2.31. The third-order valence-corrected chi connectivity index (χ3v) is 5.14. The molecule has 1 aliphatic carbocycles. The first kappa shape index (κ1) is 16.7. The standard InChI is InChI=1S/C16H30N2O3/c1-18(12-16(20)6-8-21-9-7-16)15(19)10-13-2-4-14(11-17)5-3-13/h13-14,20H,2-12,17H2,1H3. The van der Waals surface area contributed by atoms with Gasteiger partial charge in [-0.15, -0.1) is 0 Å². The van der Waals surface area contributed by atoms with Crippen LogP contribution >= 0.6 is 0 Å². The lowest BCUT2D eigenvalue weighted by Crippen LogP contribution is -2.47. The summed E-state index contributed by atoms with van der Waals surface area (Å²) in [6.45, 7) is 2.37. The average Bonchev–Trinajstić information content (AvgIpc) is 2.48. The summed E-state index contributed by atoms with van der Waals surface area (Å²) in [5.74, 6) is 1.30. The molecule has 2 aliphatic rings. The molecule has 1 heterocycles. The van der Waals surface area contributed by atoms with Crippen molar-refractivity contribution >= 4 is 5.91 Å². The Labute approximate surface area is 127 Å². The van der Waals surface area contributed by atoms with E-state index in [0.29, 0.717) is 50.9 Å². The van der Waals surface area contributed by atoms with Crippen LogP contribution in [-0.4, -0.2) is 54.9 Å². The van der Waals surface area contributed by atoms with Gasteiger partial charge in [0.05, 0.1) is 5.60 Å². The molecule has 1 saturated heterocycles. The summed E-state index contributed by atoms with van der Waals surface area (Å²) in [6, 6.07) is 0. The Hall–Kier alpha value is -0.650. The van der Waals surface area contributed by atoms with Gasteiger partial charge in [-0.2, -0.15) is 0 Å². The maximum atomic E-state index is 12.3. The zero-order chi connectivity index (χ0) is 15.3. The number of hydrogen-bond acceptors (Lipinski definition) is 4. The van der Waals surface area contributed by atoms with Crippen LogP contribution in [0.2, 0.25) is 0 Å². The first-order valence-corrected chi connectivity index (χ1v) is 8.26. The van der Waals surface area contributed by atoms with E-state index in [2.05, 4.69) is 0 Å². The fourth-order valence-electron chi connectivity index (χ4n) is 3.51. The third-order valence-electron chi connectivity index (χ3n) is 5.14. The molecule has 0 spiro atoms. The van der Waals surface area contributed by atoms with Crippen molar-refractivity contribution in [2.45, 2.75) is 50.5 Å². The van der Waals surface area contributed by atoms with Gasteiger partial charge in [0.1, 0.15) is 0 Å². The summed E-state index contributed by atoms with van der Waals surface area (Å²) in [5, 5.41) is 10.5. The van der Waals surface area contributed by atoms with Crippen molar-refractivity contribution in [2.24, 2.45) is 17.6 Å². The molecular formula is C16H30N2O3. The highest BCUT2D eigenvalue weighted by atomic mass is 16.5. The van der Waals surface area contributed by atoms with Gasteiger partial charge < -0.3 is 20.5 Å². The number of ether oxygens (including phenoxy) is 1. The Balaban J connectivity index is 1.75. The van der Waals surface area contributed by atoms with E-state index in [1.807, 2.05) is 0 Å². The molecule has 0 unspecified atom stereocenters. The van der Waals surface area contributed by atoms with Crippen LogP contribution in [0, 0.1) is 11.8 Å². The Morgan fingerprint density at radius 2 is 1.81 bits per heavy atom. The molecule has 1 saturated carbocycles. The predicted molar refractivity (Wildman–Crippen MR) is 81.8 cm³/mol. The maximum Gasteiger partial charge on any atom is 0.222 e. The van der Waals surface area contributed by atoms with Crippen LogP contribution in [0.4, 0.5) is 0 Å². The van der Waals surface area contributed by atoms with Crippen molar-refractivity contribution in [3.8, 4) is 0 Å². The summed E-state index contributed by atoms with van der Waals surface area (Å²) in [5.41, 5.74) is 4.94. The van der Waals surface area contributed by atoms with E-state index in [9.17, 15) is 9.90 Å².